The Kier molecular flexibility index (Phi) is 6.24. The first kappa shape index (κ1) is 27.0. The zero-order valence-corrected chi connectivity index (χ0v) is 26.2. The average Bonchev–Trinajstić information content (AvgIpc) is 3.12. The molecule has 9 rings (SSSR count). The van der Waals surface area contributed by atoms with Gasteiger partial charge in [-0.15, -0.1) is 0 Å². The molecule has 0 fully saturated rings. The van der Waals surface area contributed by atoms with E-state index in [1.165, 1.54) is 0 Å². The lowest BCUT2D eigenvalue weighted by Crippen LogP contribution is -2.34. The summed E-state index contributed by atoms with van der Waals surface area (Å²) in [5.41, 5.74) is 8.83. The second-order valence-electron chi connectivity index (χ2n) is 11.4. The van der Waals surface area contributed by atoms with Crippen LogP contribution < -0.4 is 25.4 Å². The molecule has 0 amide bonds. The van der Waals surface area contributed by atoms with E-state index >= 15 is 0 Å². The Morgan fingerprint density at radius 2 is 0.826 bits per heavy atom. The van der Waals surface area contributed by atoms with Crippen molar-refractivity contribution in [1.82, 2.24) is 9.97 Å². The number of hydrogen-bond donors (Lipinski definition) is 0. The average molecular weight is 629 g/mol. The number of pyridine rings is 2. The van der Waals surface area contributed by atoms with Gasteiger partial charge in [-0.1, -0.05) is 90.7 Å². The van der Waals surface area contributed by atoms with Crippen LogP contribution in [0.1, 0.15) is 0 Å². The predicted molar refractivity (Wildman–Crippen MR) is 190 cm³/mol. The lowest BCUT2D eigenvalue weighted by Gasteiger charge is -2.37. The number of benzene rings is 5. The Hall–Kier alpha value is -5.35. The number of rotatable bonds is 4. The van der Waals surface area contributed by atoms with Gasteiger partial charge in [0.1, 0.15) is 23.0 Å². The fourth-order valence-corrected chi connectivity index (χ4v) is 10.9. The van der Waals surface area contributed by atoms with Crippen molar-refractivity contribution in [2.45, 2.75) is 0 Å². The highest BCUT2D eigenvalue weighted by Crippen LogP contribution is 2.59. The summed E-state index contributed by atoms with van der Waals surface area (Å²) in [6, 6.07) is 41.6. The minimum Gasteiger partial charge on any atom is -0.456 e. The van der Waals surface area contributed by atoms with Crippen molar-refractivity contribution in [2.75, 3.05) is 0 Å². The van der Waals surface area contributed by atoms with Gasteiger partial charge < -0.3 is 9.47 Å². The summed E-state index contributed by atoms with van der Waals surface area (Å²) in [5.74, 6) is 3.17. The molecule has 218 valence electrons. The van der Waals surface area contributed by atoms with Gasteiger partial charge in [-0.05, 0) is 93.0 Å². The fraction of sp³-hybridized carbons (Fsp3) is 0. The van der Waals surface area contributed by atoms with E-state index in [9.17, 15) is 0 Å². The van der Waals surface area contributed by atoms with E-state index in [0.29, 0.717) is 0 Å². The van der Waals surface area contributed by atoms with E-state index in [0.717, 1.165) is 83.4 Å². The van der Waals surface area contributed by atoms with Gasteiger partial charge in [0.25, 0.3) is 0 Å². The molecule has 0 saturated heterocycles. The first-order valence-electron chi connectivity index (χ1n) is 15.1. The molecule has 46 heavy (non-hydrogen) atoms. The third-order valence-electron chi connectivity index (χ3n) is 8.74. The molecule has 0 radical (unpaired) electrons. The third-order valence-corrected chi connectivity index (χ3v) is 13.6. The van der Waals surface area contributed by atoms with Gasteiger partial charge in [-0.2, -0.15) is 0 Å². The van der Waals surface area contributed by atoms with Crippen LogP contribution in [0.25, 0.3) is 44.5 Å². The van der Waals surface area contributed by atoms with E-state index in [-0.39, 0.29) is 0 Å². The Bertz CT molecular complexity index is 2170. The van der Waals surface area contributed by atoms with Crippen molar-refractivity contribution in [3.8, 4) is 67.5 Å². The monoisotopic (exact) mass is 628 g/mol. The van der Waals surface area contributed by atoms with Crippen LogP contribution in [0.4, 0.5) is 0 Å². The van der Waals surface area contributed by atoms with E-state index in [1.54, 1.807) is 12.4 Å². The fourth-order valence-electron chi connectivity index (χ4n) is 6.43. The second kappa shape index (κ2) is 10.6. The van der Waals surface area contributed by atoms with Crippen molar-refractivity contribution >= 4 is 33.8 Å². The highest BCUT2D eigenvalue weighted by molar-refractivity contribution is 8.26. The third kappa shape index (κ3) is 4.32. The number of hydrogen-bond acceptors (Lipinski definition) is 5. The Labute approximate surface area is 272 Å². The first-order valence-corrected chi connectivity index (χ1v) is 17.9. The molecule has 5 aromatic carbocycles. The van der Waals surface area contributed by atoms with Crippen LogP contribution in [-0.2, 0) is 11.8 Å². The summed E-state index contributed by atoms with van der Waals surface area (Å²) in [6.45, 7) is 0. The van der Waals surface area contributed by atoms with Crippen LogP contribution in [0.15, 0.2) is 152 Å². The van der Waals surface area contributed by atoms with Gasteiger partial charge in [0.15, 0.2) is 0 Å². The van der Waals surface area contributed by atoms with Gasteiger partial charge in [-0.3, -0.25) is 9.97 Å². The second-order valence-corrected chi connectivity index (χ2v) is 15.7. The predicted octanol–water partition coefficient (Wildman–Crippen LogP) is 9.11. The SMILES string of the molecule is S=P12c3ccc(-c4ccc(-c5cccnc5)cc4)cc3Oc3cccc(c31)Oc1cc(-c3ccc(-c4cccnc4)cc3)ccc12. The molecule has 0 unspecified atom stereocenters. The lowest BCUT2D eigenvalue weighted by molar-refractivity contribution is 0.466. The molecular formula is C40H25N2O2PS. The van der Waals surface area contributed by atoms with Crippen molar-refractivity contribution in [1.29, 1.82) is 0 Å². The quantitative estimate of drug-likeness (QED) is 0.182. The largest absolute Gasteiger partial charge is 0.456 e. The zero-order valence-electron chi connectivity index (χ0n) is 24.5. The summed E-state index contributed by atoms with van der Waals surface area (Å²) in [4.78, 5) is 8.51. The minimum atomic E-state index is -2.46. The standard InChI is InChI=1S/C40H25N2O2PS/c46-45-38-18-16-30(26-8-12-28(13-9-26)32-4-2-20-41-24-32)22-36(38)43-34-6-1-7-35(40(34)45)44-37-23-31(17-19-39(37)45)27-10-14-29(15-11-27)33-5-3-21-42-25-33/h1-25H. The molecule has 2 aliphatic heterocycles. The van der Waals surface area contributed by atoms with Gasteiger partial charge in [-0.25, -0.2) is 0 Å². The Morgan fingerprint density at radius 3 is 1.24 bits per heavy atom. The van der Waals surface area contributed by atoms with Crippen LogP contribution in [0, 0.1) is 0 Å². The van der Waals surface area contributed by atoms with Crippen LogP contribution in [0.3, 0.4) is 0 Å². The molecule has 4 nitrogen and oxygen atoms in total. The lowest BCUT2D eigenvalue weighted by atomic mass is 10.0. The number of nitrogens with zero attached hydrogens (tertiary/aromatic N) is 2. The number of fused-ring (bicyclic) bond motifs is 4. The number of ether oxygens (including phenoxy) is 2. The Morgan fingerprint density at radius 1 is 0.413 bits per heavy atom. The van der Waals surface area contributed by atoms with Crippen molar-refractivity contribution < 1.29 is 9.47 Å². The molecule has 0 bridgehead atoms. The van der Waals surface area contributed by atoms with E-state index < -0.39 is 6.04 Å². The van der Waals surface area contributed by atoms with Crippen LogP contribution in [0.5, 0.6) is 23.0 Å². The van der Waals surface area contributed by atoms with E-state index in [2.05, 4.69) is 107 Å². The van der Waals surface area contributed by atoms with Crippen LogP contribution in [-0.4, -0.2) is 9.97 Å². The normalized spacial score (nSPS) is 13.4. The molecule has 2 aliphatic rings. The number of aromatic nitrogens is 2. The maximum Gasteiger partial charge on any atom is 0.140 e. The van der Waals surface area contributed by atoms with Crippen molar-refractivity contribution in [2.24, 2.45) is 0 Å². The van der Waals surface area contributed by atoms with Gasteiger partial charge in [0.05, 0.1) is 11.3 Å². The molecule has 2 aromatic heterocycles. The highest BCUT2D eigenvalue weighted by Gasteiger charge is 2.42. The molecule has 7 aromatic rings. The molecule has 0 aliphatic carbocycles. The van der Waals surface area contributed by atoms with Crippen LogP contribution >= 0.6 is 6.04 Å². The topological polar surface area (TPSA) is 44.2 Å². The minimum absolute atomic E-state index is 0.776. The molecule has 0 atom stereocenters. The van der Waals surface area contributed by atoms with E-state index in [1.807, 2.05) is 42.7 Å². The van der Waals surface area contributed by atoms with Gasteiger partial charge in [0, 0.05) is 35.4 Å². The van der Waals surface area contributed by atoms with E-state index in [4.69, 9.17) is 21.3 Å². The van der Waals surface area contributed by atoms with Crippen molar-refractivity contribution in [3.63, 3.8) is 0 Å². The molecular weight excluding hydrogens is 603 g/mol. The zero-order chi connectivity index (χ0) is 30.7. The molecule has 0 N–H and O–H groups in total. The summed E-state index contributed by atoms with van der Waals surface area (Å²) in [5, 5.41) is 3.10. The highest BCUT2D eigenvalue weighted by atomic mass is 32.4. The maximum atomic E-state index is 6.76. The smallest absolute Gasteiger partial charge is 0.140 e. The summed E-state index contributed by atoms with van der Waals surface area (Å²) in [7, 11) is 0. The molecule has 4 heterocycles. The van der Waals surface area contributed by atoms with Crippen LogP contribution in [0.2, 0.25) is 0 Å². The van der Waals surface area contributed by atoms with Gasteiger partial charge in [0.2, 0.25) is 0 Å². The Balaban J connectivity index is 1.10. The summed E-state index contributed by atoms with van der Waals surface area (Å²) < 4.78 is 13.1. The molecule has 0 spiro atoms. The molecule has 6 heteroatoms. The summed E-state index contributed by atoms with van der Waals surface area (Å²) in [6.07, 6.45) is 7.35. The summed E-state index contributed by atoms with van der Waals surface area (Å²) >= 11 is 6.76. The maximum absolute atomic E-state index is 6.76. The molecule has 0 saturated carbocycles. The first-order chi connectivity index (χ1) is 22.6. The van der Waals surface area contributed by atoms with Gasteiger partial charge >= 0.3 is 0 Å². The van der Waals surface area contributed by atoms with Crippen molar-refractivity contribution in [3.05, 3.63) is 152 Å².